The second-order valence-electron chi connectivity index (χ2n) is 6.18. The molecule has 27 heavy (non-hydrogen) atoms. The molecule has 0 bridgehead atoms. The fourth-order valence-corrected chi connectivity index (χ4v) is 3.66. The molecule has 1 aromatic heterocycles. The van der Waals surface area contributed by atoms with Crippen LogP contribution in [0.5, 0.6) is 0 Å². The summed E-state index contributed by atoms with van der Waals surface area (Å²) in [6.45, 7) is 9.36. The number of aromatic nitrogens is 2. The largest absolute Gasteiger partial charge is 0.462 e. The van der Waals surface area contributed by atoms with E-state index >= 15 is 0 Å². The van der Waals surface area contributed by atoms with Gasteiger partial charge < -0.3 is 15.0 Å². The molecule has 0 radical (unpaired) electrons. The van der Waals surface area contributed by atoms with E-state index in [-0.39, 0.29) is 28.9 Å². The Bertz CT molecular complexity index is 914. The summed E-state index contributed by atoms with van der Waals surface area (Å²) in [6.07, 6.45) is 0. The summed E-state index contributed by atoms with van der Waals surface area (Å²) in [5.74, 6) is -0.814. The molecule has 0 atom stereocenters. The molecule has 1 heterocycles. The van der Waals surface area contributed by atoms with Gasteiger partial charge in [0.25, 0.3) is 0 Å². The molecular weight excluding hydrogens is 366 g/mol. The maximum absolute atomic E-state index is 12.4. The van der Waals surface area contributed by atoms with E-state index < -0.39 is 11.7 Å². The van der Waals surface area contributed by atoms with Crippen LogP contribution in [0.2, 0.25) is 0 Å². The van der Waals surface area contributed by atoms with Crippen molar-refractivity contribution in [1.29, 1.82) is 0 Å². The number of anilines is 1. The fraction of sp³-hybridized carbons (Fsp3) is 0.368. The average Bonchev–Trinajstić information content (AvgIpc) is 2.55. The van der Waals surface area contributed by atoms with Crippen LogP contribution in [0.1, 0.15) is 39.7 Å². The van der Waals surface area contributed by atoms with Crippen LogP contribution in [0, 0.1) is 27.7 Å². The van der Waals surface area contributed by atoms with E-state index in [1.165, 1.54) is 0 Å². The molecule has 2 N–H and O–H groups in total. The van der Waals surface area contributed by atoms with Crippen LogP contribution in [0.15, 0.2) is 22.0 Å². The zero-order chi connectivity index (χ0) is 20.1. The van der Waals surface area contributed by atoms with Gasteiger partial charge in [-0.25, -0.2) is 9.59 Å². The van der Waals surface area contributed by atoms with Gasteiger partial charge in [-0.3, -0.25) is 4.79 Å². The van der Waals surface area contributed by atoms with Gasteiger partial charge in [-0.15, -0.1) is 0 Å². The molecule has 0 aliphatic heterocycles. The van der Waals surface area contributed by atoms with Crippen molar-refractivity contribution < 1.29 is 14.3 Å². The second kappa shape index (κ2) is 8.85. The molecule has 0 aliphatic rings. The number of aromatic amines is 1. The number of benzene rings is 1. The van der Waals surface area contributed by atoms with Crippen molar-refractivity contribution in [2.24, 2.45) is 0 Å². The van der Waals surface area contributed by atoms with Crippen LogP contribution in [-0.4, -0.2) is 34.2 Å². The Labute approximate surface area is 161 Å². The maximum Gasteiger partial charge on any atom is 0.346 e. The number of ether oxygens (including phenoxy) is 1. The van der Waals surface area contributed by atoms with Gasteiger partial charge in [0.15, 0.2) is 0 Å². The van der Waals surface area contributed by atoms with Crippen molar-refractivity contribution >= 4 is 29.3 Å². The standard InChI is InChI=1S/C19H23N3O4S/c1-6-26-18(24)15-13(5)20-19(25)22-17(15)27-9-14(23)21-16-11(3)7-10(2)8-12(16)4/h7-8H,6,9H2,1-5H3,(H,21,23)(H,20,22,25). The Morgan fingerprint density at radius 1 is 1.19 bits per heavy atom. The minimum absolute atomic E-state index is 0.00898. The number of carbonyl (C=O) groups excluding carboxylic acids is 2. The number of carbonyl (C=O) groups is 2. The number of hydrogen-bond acceptors (Lipinski definition) is 6. The smallest absolute Gasteiger partial charge is 0.346 e. The van der Waals surface area contributed by atoms with Gasteiger partial charge in [-0.1, -0.05) is 29.5 Å². The van der Waals surface area contributed by atoms with E-state index in [9.17, 15) is 14.4 Å². The topological polar surface area (TPSA) is 101 Å². The first-order valence-corrected chi connectivity index (χ1v) is 9.50. The quantitative estimate of drug-likeness (QED) is 0.447. The summed E-state index contributed by atoms with van der Waals surface area (Å²) in [4.78, 5) is 42.5. The predicted octanol–water partition coefficient (Wildman–Crippen LogP) is 2.91. The molecule has 0 aliphatic carbocycles. The lowest BCUT2D eigenvalue weighted by Crippen LogP contribution is -2.21. The number of nitrogens with one attached hydrogen (secondary N) is 2. The maximum atomic E-state index is 12.4. The highest BCUT2D eigenvalue weighted by atomic mass is 32.2. The van der Waals surface area contributed by atoms with Crippen molar-refractivity contribution in [3.05, 3.63) is 50.6 Å². The van der Waals surface area contributed by atoms with Gasteiger partial charge in [-0.05, 0) is 45.7 Å². The van der Waals surface area contributed by atoms with E-state index in [0.717, 1.165) is 34.1 Å². The van der Waals surface area contributed by atoms with E-state index in [0.29, 0.717) is 5.69 Å². The van der Waals surface area contributed by atoms with Crippen molar-refractivity contribution in [1.82, 2.24) is 9.97 Å². The van der Waals surface area contributed by atoms with Crippen molar-refractivity contribution in [3.63, 3.8) is 0 Å². The number of rotatable bonds is 6. The summed E-state index contributed by atoms with van der Waals surface area (Å²) in [6, 6.07) is 3.99. The lowest BCUT2D eigenvalue weighted by Gasteiger charge is -2.13. The third-order valence-corrected chi connectivity index (χ3v) is 4.82. The highest BCUT2D eigenvalue weighted by Crippen LogP contribution is 2.24. The van der Waals surface area contributed by atoms with Gasteiger partial charge in [0.1, 0.15) is 10.6 Å². The zero-order valence-electron chi connectivity index (χ0n) is 16.1. The van der Waals surface area contributed by atoms with Gasteiger partial charge in [-0.2, -0.15) is 4.98 Å². The predicted molar refractivity (Wildman–Crippen MR) is 106 cm³/mol. The molecule has 2 rings (SSSR count). The molecule has 0 fully saturated rings. The molecule has 0 saturated heterocycles. The molecule has 144 valence electrons. The summed E-state index contributed by atoms with van der Waals surface area (Å²) >= 11 is 1.03. The van der Waals surface area contributed by atoms with Crippen LogP contribution in [-0.2, 0) is 9.53 Å². The van der Waals surface area contributed by atoms with E-state index in [2.05, 4.69) is 15.3 Å². The van der Waals surface area contributed by atoms with Gasteiger partial charge in [0, 0.05) is 11.4 Å². The fourth-order valence-electron chi connectivity index (χ4n) is 2.79. The molecule has 0 saturated carbocycles. The van der Waals surface area contributed by atoms with Crippen LogP contribution >= 0.6 is 11.8 Å². The Balaban J connectivity index is 2.18. The summed E-state index contributed by atoms with van der Waals surface area (Å²) < 4.78 is 5.02. The molecule has 8 heteroatoms. The SMILES string of the molecule is CCOC(=O)c1c(SCC(=O)Nc2c(C)cc(C)cc2C)nc(=O)[nH]c1C. The third kappa shape index (κ3) is 5.19. The normalized spacial score (nSPS) is 10.6. The summed E-state index contributed by atoms with van der Waals surface area (Å²) in [7, 11) is 0. The van der Waals surface area contributed by atoms with Gasteiger partial charge in [0.05, 0.1) is 12.4 Å². The summed E-state index contributed by atoms with van der Waals surface area (Å²) in [5, 5.41) is 3.07. The Morgan fingerprint density at radius 2 is 1.81 bits per heavy atom. The van der Waals surface area contributed by atoms with Crippen molar-refractivity contribution in [2.75, 3.05) is 17.7 Å². The second-order valence-corrected chi connectivity index (χ2v) is 7.14. The van der Waals surface area contributed by atoms with Crippen molar-refractivity contribution in [2.45, 2.75) is 39.6 Å². The Kier molecular flexibility index (Phi) is 6.79. The zero-order valence-corrected chi connectivity index (χ0v) is 16.9. The number of H-pyrrole nitrogens is 1. The van der Waals surface area contributed by atoms with Gasteiger partial charge in [0.2, 0.25) is 5.91 Å². The summed E-state index contributed by atoms with van der Waals surface area (Å²) in [5.41, 5.74) is 3.81. The minimum Gasteiger partial charge on any atom is -0.462 e. The van der Waals surface area contributed by atoms with E-state index in [4.69, 9.17) is 4.74 Å². The third-order valence-electron chi connectivity index (χ3n) is 3.85. The number of nitrogens with zero attached hydrogens (tertiary/aromatic N) is 1. The van der Waals surface area contributed by atoms with Crippen LogP contribution < -0.4 is 11.0 Å². The first-order chi connectivity index (χ1) is 12.7. The molecule has 2 aromatic rings. The molecule has 1 aromatic carbocycles. The van der Waals surface area contributed by atoms with E-state index in [1.54, 1.807) is 13.8 Å². The average molecular weight is 389 g/mol. The lowest BCUT2D eigenvalue weighted by atomic mass is 10.1. The first kappa shape index (κ1) is 20.7. The molecular formula is C19H23N3O4S. The number of aryl methyl sites for hydroxylation is 4. The number of hydrogen-bond donors (Lipinski definition) is 2. The first-order valence-electron chi connectivity index (χ1n) is 8.51. The lowest BCUT2D eigenvalue weighted by molar-refractivity contribution is -0.113. The minimum atomic E-state index is -0.577. The Hall–Kier alpha value is -2.61. The van der Waals surface area contributed by atoms with Crippen LogP contribution in [0.4, 0.5) is 5.69 Å². The number of amides is 1. The molecule has 1 amide bonds. The van der Waals surface area contributed by atoms with Gasteiger partial charge >= 0.3 is 11.7 Å². The van der Waals surface area contributed by atoms with E-state index in [1.807, 2.05) is 32.9 Å². The highest BCUT2D eigenvalue weighted by Gasteiger charge is 2.20. The van der Waals surface area contributed by atoms with Crippen molar-refractivity contribution in [3.8, 4) is 0 Å². The number of esters is 1. The van der Waals surface area contributed by atoms with Crippen LogP contribution in [0.3, 0.4) is 0 Å². The van der Waals surface area contributed by atoms with Crippen LogP contribution in [0.25, 0.3) is 0 Å². The number of thioether (sulfide) groups is 1. The Morgan fingerprint density at radius 3 is 2.41 bits per heavy atom. The molecule has 7 nitrogen and oxygen atoms in total. The molecule has 0 unspecified atom stereocenters. The highest BCUT2D eigenvalue weighted by molar-refractivity contribution is 8.00. The monoisotopic (exact) mass is 389 g/mol. The molecule has 0 spiro atoms.